The first kappa shape index (κ1) is 15.9. The molecule has 0 aromatic carbocycles. The number of ether oxygens (including phenoxy) is 1. The van der Waals surface area contributed by atoms with Crippen LogP contribution in [0.25, 0.3) is 0 Å². The van der Waals surface area contributed by atoms with Crippen LogP contribution < -0.4 is 5.32 Å². The molecule has 16 heavy (non-hydrogen) atoms. The highest BCUT2D eigenvalue weighted by atomic mass is 16.5. The van der Waals surface area contributed by atoms with E-state index in [0.29, 0.717) is 0 Å². The molecule has 0 aliphatic rings. The van der Waals surface area contributed by atoms with Crippen molar-refractivity contribution in [3.8, 4) is 0 Å². The van der Waals surface area contributed by atoms with Gasteiger partial charge in [0.05, 0.1) is 0 Å². The van der Waals surface area contributed by atoms with Crippen LogP contribution in [0.3, 0.4) is 0 Å². The average molecular weight is 229 g/mol. The zero-order chi connectivity index (χ0) is 11.9. The van der Waals surface area contributed by atoms with E-state index >= 15 is 0 Å². The van der Waals surface area contributed by atoms with Crippen molar-refractivity contribution in [2.75, 3.05) is 26.8 Å². The molecule has 0 aromatic heterocycles. The van der Waals surface area contributed by atoms with Crippen molar-refractivity contribution in [1.29, 1.82) is 0 Å². The van der Waals surface area contributed by atoms with Gasteiger partial charge in [-0.1, -0.05) is 45.4 Å². The number of methoxy groups -OCH3 is 1. The third kappa shape index (κ3) is 13.9. The Morgan fingerprint density at radius 1 is 0.750 bits per heavy atom. The molecule has 0 bridgehead atoms. The van der Waals surface area contributed by atoms with Gasteiger partial charge in [0.2, 0.25) is 0 Å². The van der Waals surface area contributed by atoms with E-state index in [1.807, 2.05) is 0 Å². The first-order valence-electron chi connectivity index (χ1n) is 7.11. The maximum Gasteiger partial charge on any atom is 0.0462 e. The molecule has 0 aromatic rings. The Balaban J connectivity index is 2.83. The molecule has 0 amide bonds. The summed E-state index contributed by atoms with van der Waals surface area (Å²) in [6.45, 7) is 5.52. The Labute approximate surface area is 102 Å². The van der Waals surface area contributed by atoms with Crippen LogP contribution in [-0.4, -0.2) is 26.8 Å². The SMILES string of the molecule is CCCCCCCCCNCCCCOC. The molecule has 0 rings (SSSR count). The quantitative estimate of drug-likeness (QED) is 0.486. The molecule has 0 fully saturated rings. The predicted molar refractivity (Wildman–Crippen MR) is 72.0 cm³/mol. The van der Waals surface area contributed by atoms with Gasteiger partial charge < -0.3 is 10.1 Å². The molecule has 0 atom stereocenters. The van der Waals surface area contributed by atoms with Gasteiger partial charge in [0, 0.05) is 13.7 Å². The third-order valence-electron chi connectivity index (χ3n) is 2.91. The monoisotopic (exact) mass is 229 g/mol. The Kier molecular flexibility index (Phi) is 14.8. The van der Waals surface area contributed by atoms with Crippen molar-refractivity contribution in [1.82, 2.24) is 5.32 Å². The van der Waals surface area contributed by atoms with Gasteiger partial charge in [0.1, 0.15) is 0 Å². The summed E-state index contributed by atoms with van der Waals surface area (Å²) in [6, 6.07) is 0. The fourth-order valence-electron chi connectivity index (χ4n) is 1.83. The molecule has 0 saturated heterocycles. The van der Waals surface area contributed by atoms with E-state index in [-0.39, 0.29) is 0 Å². The minimum absolute atomic E-state index is 0.902. The number of unbranched alkanes of at least 4 members (excludes halogenated alkanes) is 7. The molecule has 2 nitrogen and oxygen atoms in total. The van der Waals surface area contributed by atoms with E-state index in [1.54, 1.807) is 7.11 Å². The Hall–Kier alpha value is -0.0800. The van der Waals surface area contributed by atoms with Gasteiger partial charge in [-0.3, -0.25) is 0 Å². The van der Waals surface area contributed by atoms with E-state index in [9.17, 15) is 0 Å². The summed E-state index contributed by atoms with van der Waals surface area (Å²) in [5, 5.41) is 3.49. The Morgan fingerprint density at radius 2 is 1.31 bits per heavy atom. The van der Waals surface area contributed by atoms with Crippen LogP contribution in [0.15, 0.2) is 0 Å². The first-order chi connectivity index (χ1) is 7.91. The number of rotatable bonds is 13. The van der Waals surface area contributed by atoms with Gasteiger partial charge in [-0.15, -0.1) is 0 Å². The Morgan fingerprint density at radius 3 is 1.94 bits per heavy atom. The predicted octanol–water partition coefficient (Wildman–Crippen LogP) is 3.75. The third-order valence-corrected chi connectivity index (χ3v) is 2.91. The minimum atomic E-state index is 0.902. The van der Waals surface area contributed by atoms with E-state index in [4.69, 9.17) is 4.74 Å². The molecule has 98 valence electrons. The van der Waals surface area contributed by atoms with Gasteiger partial charge in [0.25, 0.3) is 0 Å². The minimum Gasteiger partial charge on any atom is -0.385 e. The molecule has 0 heterocycles. The molecule has 2 heteroatoms. The fraction of sp³-hybridized carbons (Fsp3) is 1.00. The lowest BCUT2D eigenvalue weighted by Crippen LogP contribution is -2.16. The smallest absolute Gasteiger partial charge is 0.0462 e. The Bertz CT molecular complexity index is 103. The lowest BCUT2D eigenvalue weighted by Gasteiger charge is -2.04. The molecule has 0 radical (unpaired) electrons. The average Bonchev–Trinajstić information content (AvgIpc) is 2.31. The van der Waals surface area contributed by atoms with Crippen LogP contribution in [0.2, 0.25) is 0 Å². The highest BCUT2D eigenvalue weighted by Gasteiger charge is 1.91. The second-order valence-corrected chi connectivity index (χ2v) is 4.57. The van der Waals surface area contributed by atoms with Crippen LogP contribution in [0, 0.1) is 0 Å². The standard InChI is InChI=1S/C14H31NO/c1-3-4-5-6-7-8-9-12-15-13-10-11-14-16-2/h15H,3-14H2,1-2H3. The summed E-state index contributed by atoms with van der Waals surface area (Å²) >= 11 is 0. The second-order valence-electron chi connectivity index (χ2n) is 4.57. The van der Waals surface area contributed by atoms with Crippen LogP contribution in [0.4, 0.5) is 0 Å². The molecule has 1 N–H and O–H groups in total. The summed E-state index contributed by atoms with van der Waals surface area (Å²) < 4.78 is 5.01. The van der Waals surface area contributed by atoms with E-state index in [1.165, 1.54) is 64.3 Å². The van der Waals surface area contributed by atoms with Gasteiger partial charge in [-0.05, 0) is 32.4 Å². The summed E-state index contributed by atoms with van der Waals surface area (Å²) in [6.07, 6.45) is 12.2. The largest absolute Gasteiger partial charge is 0.385 e. The van der Waals surface area contributed by atoms with Crippen LogP contribution in [-0.2, 0) is 4.74 Å². The van der Waals surface area contributed by atoms with Crippen LogP contribution >= 0.6 is 0 Å². The molecular formula is C14H31NO. The van der Waals surface area contributed by atoms with E-state index in [0.717, 1.165) is 13.2 Å². The highest BCUT2D eigenvalue weighted by molar-refractivity contribution is 4.50. The summed E-state index contributed by atoms with van der Waals surface area (Å²) in [5.41, 5.74) is 0. The first-order valence-corrected chi connectivity index (χ1v) is 7.11. The van der Waals surface area contributed by atoms with Crippen molar-refractivity contribution in [2.45, 2.75) is 64.7 Å². The van der Waals surface area contributed by atoms with Crippen molar-refractivity contribution >= 4 is 0 Å². The molecule has 0 aliphatic heterocycles. The molecule has 0 saturated carbocycles. The van der Waals surface area contributed by atoms with Gasteiger partial charge in [0.15, 0.2) is 0 Å². The fourth-order valence-corrected chi connectivity index (χ4v) is 1.83. The lowest BCUT2D eigenvalue weighted by molar-refractivity contribution is 0.192. The second kappa shape index (κ2) is 14.9. The summed E-state index contributed by atoms with van der Waals surface area (Å²) in [7, 11) is 1.77. The van der Waals surface area contributed by atoms with E-state index in [2.05, 4.69) is 12.2 Å². The maximum atomic E-state index is 5.01. The van der Waals surface area contributed by atoms with Crippen molar-refractivity contribution in [2.24, 2.45) is 0 Å². The lowest BCUT2D eigenvalue weighted by atomic mass is 10.1. The highest BCUT2D eigenvalue weighted by Crippen LogP contribution is 2.06. The number of hydrogen-bond donors (Lipinski definition) is 1. The molecule has 0 unspecified atom stereocenters. The van der Waals surface area contributed by atoms with Gasteiger partial charge in [-0.25, -0.2) is 0 Å². The van der Waals surface area contributed by atoms with Crippen molar-refractivity contribution in [3.63, 3.8) is 0 Å². The molecule has 0 aliphatic carbocycles. The molecule has 0 spiro atoms. The van der Waals surface area contributed by atoms with Gasteiger partial charge >= 0.3 is 0 Å². The summed E-state index contributed by atoms with van der Waals surface area (Å²) in [4.78, 5) is 0. The zero-order valence-corrected chi connectivity index (χ0v) is 11.4. The number of hydrogen-bond acceptors (Lipinski definition) is 2. The maximum absolute atomic E-state index is 5.01. The van der Waals surface area contributed by atoms with E-state index < -0.39 is 0 Å². The van der Waals surface area contributed by atoms with Crippen molar-refractivity contribution < 1.29 is 4.74 Å². The van der Waals surface area contributed by atoms with Crippen LogP contribution in [0.5, 0.6) is 0 Å². The van der Waals surface area contributed by atoms with Gasteiger partial charge in [-0.2, -0.15) is 0 Å². The number of nitrogens with one attached hydrogen (secondary N) is 1. The topological polar surface area (TPSA) is 21.3 Å². The summed E-state index contributed by atoms with van der Waals surface area (Å²) in [5.74, 6) is 0. The van der Waals surface area contributed by atoms with Crippen molar-refractivity contribution in [3.05, 3.63) is 0 Å². The van der Waals surface area contributed by atoms with Crippen LogP contribution in [0.1, 0.15) is 64.7 Å². The normalized spacial score (nSPS) is 10.9. The molecular weight excluding hydrogens is 198 g/mol. The zero-order valence-electron chi connectivity index (χ0n) is 11.4.